The molecule has 1 fully saturated rings. The van der Waals surface area contributed by atoms with Gasteiger partial charge >= 0.3 is 0 Å². The van der Waals surface area contributed by atoms with Crippen molar-refractivity contribution in [3.05, 3.63) is 18.0 Å². The number of rotatable bonds is 10. The Morgan fingerprint density at radius 1 is 1.33 bits per heavy atom. The number of nitrogens with one attached hydrogen (secondary N) is 2. The van der Waals surface area contributed by atoms with Gasteiger partial charge in [-0.15, -0.1) is 0 Å². The lowest BCUT2D eigenvalue weighted by Gasteiger charge is -2.33. The van der Waals surface area contributed by atoms with Gasteiger partial charge in [0, 0.05) is 18.3 Å². The van der Waals surface area contributed by atoms with E-state index in [0.29, 0.717) is 25.2 Å². The average Bonchev–Trinajstić information content (AvgIpc) is 3.13. The lowest BCUT2D eigenvalue weighted by atomic mass is 9.82. The second-order valence-electron chi connectivity index (χ2n) is 8.43. The van der Waals surface area contributed by atoms with Crippen LogP contribution in [-0.2, 0) is 11.2 Å². The third kappa shape index (κ3) is 7.24. The van der Waals surface area contributed by atoms with Crippen LogP contribution < -0.4 is 11.1 Å². The van der Waals surface area contributed by atoms with Crippen LogP contribution >= 0.6 is 0 Å². The largest absolute Gasteiger partial charge is 0.390 e. The summed E-state index contributed by atoms with van der Waals surface area (Å²) in [5.74, 6) is 0.429. The highest BCUT2D eigenvalue weighted by atomic mass is 16.3. The van der Waals surface area contributed by atoms with Crippen molar-refractivity contribution in [2.75, 3.05) is 0 Å². The van der Waals surface area contributed by atoms with Crippen molar-refractivity contribution >= 4 is 5.91 Å². The van der Waals surface area contributed by atoms with E-state index in [9.17, 15) is 15.0 Å². The SMILES string of the molecule is CC(C)C[C@H](O)[C@H](O)[C@H](CC1CCCCC1)NC(=O)[C@@H](N)Cc1ccn[nH]1. The van der Waals surface area contributed by atoms with Gasteiger partial charge in [0.25, 0.3) is 0 Å². The van der Waals surface area contributed by atoms with Crippen LogP contribution in [0.2, 0.25) is 0 Å². The molecule has 0 bridgehead atoms. The van der Waals surface area contributed by atoms with Gasteiger partial charge < -0.3 is 21.3 Å². The van der Waals surface area contributed by atoms with E-state index < -0.39 is 24.3 Å². The Kier molecular flexibility index (Phi) is 8.73. The van der Waals surface area contributed by atoms with Gasteiger partial charge in [0.1, 0.15) is 6.10 Å². The van der Waals surface area contributed by atoms with Crippen LogP contribution in [-0.4, -0.2) is 50.6 Å². The molecule has 7 heteroatoms. The van der Waals surface area contributed by atoms with E-state index in [1.165, 1.54) is 19.3 Å². The maximum absolute atomic E-state index is 12.6. The molecule has 0 spiro atoms. The zero-order chi connectivity index (χ0) is 19.8. The number of aliphatic hydroxyl groups excluding tert-OH is 2. The molecular formula is C20H36N4O3. The summed E-state index contributed by atoms with van der Waals surface area (Å²) in [5, 5.41) is 30.7. The van der Waals surface area contributed by atoms with E-state index >= 15 is 0 Å². The summed E-state index contributed by atoms with van der Waals surface area (Å²) in [6, 6.07) is 0.573. The third-order valence-corrected chi connectivity index (χ3v) is 5.49. The van der Waals surface area contributed by atoms with Gasteiger partial charge in [0.05, 0.1) is 18.2 Å². The van der Waals surface area contributed by atoms with Crippen LogP contribution in [0, 0.1) is 11.8 Å². The molecule has 1 aliphatic carbocycles. The van der Waals surface area contributed by atoms with Crippen molar-refractivity contribution in [1.29, 1.82) is 0 Å². The Morgan fingerprint density at radius 2 is 2.04 bits per heavy atom. The van der Waals surface area contributed by atoms with Crippen LogP contribution in [0.25, 0.3) is 0 Å². The minimum absolute atomic E-state index is 0.267. The highest BCUT2D eigenvalue weighted by Gasteiger charge is 2.32. The fraction of sp³-hybridized carbons (Fsp3) is 0.800. The standard InChI is InChI=1S/C20H36N4O3/c1-13(2)10-18(25)19(26)17(11-14-6-4-3-5-7-14)23-20(27)16(21)12-15-8-9-22-24-15/h8-9,13-14,16-19,25-26H,3-7,10-12,21H2,1-2H3,(H,22,24)(H,23,27)/t16-,17-,18-,19+/m0/s1. The number of amides is 1. The predicted molar refractivity (Wildman–Crippen MR) is 105 cm³/mol. The van der Waals surface area contributed by atoms with Crippen molar-refractivity contribution in [2.45, 2.75) is 89.5 Å². The molecule has 0 aliphatic heterocycles. The van der Waals surface area contributed by atoms with E-state index in [1.54, 1.807) is 12.3 Å². The van der Waals surface area contributed by atoms with Gasteiger partial charge in [-0.2, -0.15) is 5.10 Å². The van der Waals surface area contributed by atoms with Gasteiger partial charge in [-0.25, -0.2) is 0 Å². The Morgan fingerprint density at radius 3 is 2.63 bits per heavy atom. The van der Waals surface area contributed by atoms with Gasteiger partial charge in [-0.3, -0.25) is 9.89 Å². The number of nitrogens with zero attached hydrogens (tertiary/aromatic N) is 1. The Labute approximate surface area is 162 Å². The Hall–Kier alpha value is -1.44. The van der Waals surface area contributed by atoms with Crippen LogP contribution in [0.15, 0.2) is 12.3 Å². The first-order valence-electron chi connectivity index (χ1n) is 10.3. The highest BCUT2D eigenvalue weighted by molar-refractivity contribution is 5.82. The quantitative estimate of drug-likeness (QED) is 0.421. The lowest BCUT2D eigenvalue weighted by Crippen LogP contribution is -2.54. The molecule has 1 heterocycles. The zero-order valence-electron chi connectivity index (χ0n) is 16.6. The lowest BCUT2D eigenvalue weighted by molar-refractivity contribution is -0.125. The summed E-state index contributed by atoms with van der Waals surface area (Å²) in [5.41, 5.74) is 6.84. The van der Waals surface area contributed by atoms with Gasteiger partial charge in [0.2, 0.25) is 5.91 Å². The number of aromatic amines is 1. The molecular weight excluding hydrogens is 344 g/mol. The highest BCUT2D eigenvalue weighted by Crippen LogP contribution is 2.29. The van der Waals surface area contributed by atoms with E-state index in [1.807, 2.05) is 13.8 Å². The zero-order valence-corrected chi connectivity index (χ0v) is 16.6. The summed E-state index contributed by atoms with van der Waals surface area (Å²) in [4.78, 5) is 12.6. The summed E-state index contributed by atoms with van der Waals surface area (Å²) < 4.78 is 0. The average molecular weight is 381 g/mol. The molecule has 1 amide bonds. The number of hydrogen-bond donors (Lipinski definition) is 5. The fourth-order valence-electron chi connectivity index (χ4n) is 3.97. The Balaban J connectivity index is 1.99. The Bertz CT molecular complexity index is 543. The van der Waals surface area contributed by atoms with Gasteiger partial charge in [-0.05, 0) is 30.7 Å². The van der Waals surface area contributed by atoms with Crippen LogP contribution in [0.3, 0.4) is 0 Å². The number of carbonyl (C=O) groups is 1. The van der Waals surface area contributed by atoms with E-state index in [-0.39, 0.29) is 11.8 Å². The first kappa shape index (κ1) is 21.9. The molecule has 1 aliphatic rings. The number of aromatic nitrogens is 2. The summed E-state index contributed by atoms with van der Waals surface area (Å²) in [7, 11) is 0. The summed E-state index contributed by atoms with van der Waals surface area (Å²) in [6.07, 6.45) is 7.16. The molecule has 0 unspecified atom stereocenters. The number of hydrogen-bond acceptors (Lipinski definition) is 5. The van der Waals surface area contributed by atoms with Crippen LogP contribution in [0.4, 0.5) is 0 Å². The molecule has 2 rings (SSSR count). The maximum Gasteiger partial charge on any atom is 0.237 e. The molecule has 154 valence electrons. The molecule has 1 aromatic heterocycles. The monoisotopic (exact) mass is 380 g/mol. The predicted octanol–water partition coefficient (Wildman–Crippen LogP) is 1.50. The number of nitrogens with two attached hydrogens (primary N) is 1. The molecule has 0 radical (unpaired) electrons. The minimum Gasteiger partial charge on any atom is -0.390 e. The molecule has 1 aromatic rings. The summed E-state index contributed by atoms with van der Waals surface area (Å²) in [6.45, 7) is 4.01. The van der Waals surface area contributed by atoms with Crippen molar-refractivity contribution in [3.63, 3.8) is 0 Å². The third-order valence-electron chi connectivity index (χ3n) is 5.49. The minimum atomic E-state index is -0.988. The van der Waals surface area contributed by atoms with Crippen molar-refractivity contribution < 1.29 is 15.0 Å². The smallest absolute Gasteiger partial charge is 0.237 e. The van der Waals surface area contributed by atoms with Crippen LogP contribution in [0.1, 0.15) is 64.5 Å². The topological polar surface area (TPSA) is 124 Å². The molecule has 1 saturated carbocycles. The number of aliphatic hydroxyl groups is 2. The van der Waals surface area contributed by atoms with Crippen LogP contribution in [0.5, 0.6) is 0 Å². The fourth-order valence-corrected chi connectivity index (χ4v) is 3.97. The molecule has 27 heavy (non-hydrogen) atoms. The normalized spacial score (nSPS) is 20.2. The summed E-state index contributed by atoms with van der Waals surface area (Å²) >= 11 is 0. The second-order valence-corrected chi connectivity index (χ2v) is 8.43. The van der Waals surface area contributed by atoms with Crippen molar-refractivity contribution in [2.24, 2.45) is 17.6 Å². The molecule has 0 saturated heterocycles. The first-order valence-corrected chi connectivity index (χ1v) is 10.3. The molecule has 4 atom stereocenters. The van der Waals surface area contributed by atoms with Gasteiger partial charge in [0.15, 0.2) is 0 Å². The van der Waals surface area contributed by atoms with Gasteiger partial charge in [-0.1, -0.05) is 46.0 Å². The number of carbonyl (C=O) groups excluding carboxylic acids is 1. The van der Waals surface area contributed by atoms with Crippen molar-refractivity contribution in [3.8, 4) is 0 Å². The van der Waals surface area contributed by atoms with E-state index in [0.717, 1.165) is 18.5 Å². The molecule has 0 aromatic carbocycles. The second kappa shape index (κ2) is 10.8. The number of H-pyrrole nitrogens is 1. The van der Waals surface area contributed by atoms with Crippen molar-refractivity contribution in [1.82, 2.24) is 15.5 Å². The first-order chi connectivity index (χ1) is 12.9. The van der Waals surface area contributed by atoms with E-state index in [2.05, 4.69) is 15.5 Å². The van der Waals surface area contributed by atoms with E-state index in [4.69, 9.17) is 5.73 Å². The maximum atomic E-state index is 12.6. The molecule has 6 N–H and O–H groups in total. The molecule has 7 nitrogen and oxygen atoms in total.